The molecule has 5 nitrogen and oxygen atoms in total. The minimum Gasteiger partial charge on any atom is -0.364 e. The van der Waals surface area contributed by atoms with Gasteiger partial charge in [0.2, 0.25) is 0 Å². The summed E-state index contributed by atoms with van der Waals surface area (Å²) in [4.78, 5) is 8.88. The lowest BCUT2D eigenvalue weighted by Gasteiger charge is -2.28. The van der Waals surface area contributed by atoms with Crippen molar-refractivity contribution in [2.24, 2.45) is 0 Å². The Morgan fingerprint density at radius 3 is 2.73 bits per heavy atom. The van der Waals surface area contributed by atoms with Crippen molar-refractivity contribution in [2.45, 2.75) is 43.1 Å². The van der Waals surface area contributed by atoms with Gasteiger partial charge in [-0.1, -0.05) is 12.1 Å². The van der Waals surface area contributed by atoms with E-state index in [2.05, 4.69) is 20.6 Å². The highest BCUT2D eigenvalue weighted by molar-refractivity contribution is 5.62. The fourth-order valence-electron chi connectivity index (χ4n) is 4.14. The average molecular weight is 419 g/mol. The molecule has 3 aromatic heterocycles. The van der Waals surface area contributed by atoms with Gasteiger partial charge in [0.05, 0.1) is 29.0 Å². The average Bonchev–Trinajstić information content (AvgIpc) is 3.44. The number of piperidine rings is 1. The van der Waals surface area contributed by atoms with E-state index in [9.17, 15) is 17.6 Å². The summed E-state index contributed by atoms with van der Waals surface area (Å²) in [5.74, 6) is 0.530. The highest BCUT2D eigenvalue weighted by Gasteiger charge is 2.64. The molecule has 0 amide bonds. The molecule has 4 heterocycles. The number of anilines is 1. The maximum absolute atomic E-state index is 14.1. The summed E-state index contributed by atoms with van der Waals surface area (Å²) in [7, 11) is 0. The predicted octanol–water partition coefficient (Wildman–Crippen LogP) is 4.10. The van der Waals surface area contributed by atoms with Crippen LogP contribution >= 0.6 is 0 Å². The standard InChI is InChI=1S/C21H21F4N5/c22-14-10-26-9-6-15(14)28-18-3-1-2-16(29-18)17-11-27-19-5-4-13(12-30(17)19)20(7-8-20)21(23,24)25/h1-5,11-12,14-15,26H,6-10H2,(H,28,29). The zero-order valence-corrected chi connectivity index (χ0v) is 16.1. The number of rotatable bonds is 4. The molecule has 5 rings (SSSR count). The molecule has 2 unspecified atom stereocenters. The van der Waals surface area contributed by atoms with Crippen LogP contribution in [0.4, 0.5) is 23.4 Å². The summed E-state index contributed by atoms with van der Waals surface area (Å²) in [6.45, 7) is 1.03. The second-order valence-electron chi connectivity index (χ2n) is 8.04. The van der Waals surface area contributed by atoms with Crippen molar-refractivity contribution in [2.75, 3.05) is 18.4 Å². The van der Waals surface area contributed by atoms with Crippen molar-refractivity contribution >= 4 is 11.5 Å². The molecule has 0 radical (unpaired) electrons. The third-order valence-electron chi connectivity index (χ3n) is 6.10. The first-order chi connectivity index (χ1) is 14.4. The third-order valence-corrected chi connectivity index (χ3v) is 6.10. The van der Waals surface area contributed by atoms with Gasteiger partial charge in [-0.3, -0.25) is 4.40 Å². The molecule has 1 aliphatic carbocycles. The Labute approximate surface area is 170 Å². The van der Waals surface area contributed by atoms with Gasteiger partial charge in [0.15, 0.2) is 0 Å². The predicted molar refractivity (Wildman–Crippen MR) is 105 cm³/mol. The minimum absolute atomic E-state index is 0.102. The lowest BCUT2D eigenvalue weighted by atomic mass is 9.97. The van der Waals surface area contributed by atoms with Crippen LogP contribution in [0.1, 0.15) is 24.8 Å². The van der Waals surface area contributed by atoms with Crippen molar-refractivity contribution in [1.29, 1.82) is 0 Å². The van der Waals surface area contributed by atoms with Crippen molar-refractivity contribution < 1.29 is 17.6 Å². The van der Waals surface area contributed by atoms with Crippen LogP contribution in [0.5, 0.6) is 0 Å². The highest BCUT2D eigenvalue weighted by Crippen LogP contribution is 2.58. The van der Waals surface area contributed by atoms with E-state index in [0.29, 0.717) is 35.8 Å². The second-order valence-corrected chi connectivity index (χ2v) is 8.04. The SMILES string of the molecule is FC1CNCCC1Nc1cccc(-c2cnc3ccc(C4(C(F)(F)F)CC4)cn23)n1. The van der Waals surface area contributed by atoms with E-state index in [4.69, 9.17) is 0 Å². The molecule has 2 fully saturated rings. The van der Waals surface area contributed by atoms with Crippen molar-refractivity contribution in [1.82, 2.24) is 19.7 Å². The maximum Gasteiger partial charge on any atom is 0.398 e. The largest absolute Gasteiger partial charge is 0.398 e. The number of hydrogen-bond acceptors (Lipinski definition) is 4. The number of fused-ring (bicyclic) bond motifs is 1. The molecular formula is C21H21F4N5. The maximum atomic E-state index is 14.1. The van der Waals surface area contributed by atoms with Gasteiger partial charge in [-0.25, -0.2) is 14.4 Å². The molecular weight excluding hydrogens is 398 g/mol. The van der Waals surface area contributed by atoms with Crippen LogP contribution in [0, 0.1) is 0 Å². The molecule has 158 valence electrons. The molecule has 0 aromatic carbocycles. The van der Waals surface area contributed by atoms with Gasteiger partial charge >= 0.3 is 6.18 Å². The first-order valence-corrected chi connectivity index (χ1v) is 10.0. The zero-order chi connectivity index (χ0) is 20.9. The molecule has 2 N–H and O–H groups in total. The summed E-state index contributed by atoms with van der Waals surface area (Å²) in [6.07, 6.45) is -1.33. The molecule has 2 atom stereocenters. The number of halogens is 4. The Balaban J connectivity index is 1.49. The van der Waals surface area contributed by atoms with Crippen molar-refractivity contribution in [3.05, 3.63) is 48.3 Å². The summed E-state index contributed by atoms with van der Waals surface area (Å²) < 4.78 is 56.4. The summed E-state index contributed by atoms with van der Waals surface area (Å²) in [6, 6.07) is 8.11. The van der Waals surface area contributed by atoms with Gasteiger partial charge in [-0.15, -0.1) is 0 Å². The fourth-order valence-corrected chi connectivity index (χ4v) is 4.14. The molecule has 3 aromatic rings. The summed E-state index contributed by atoms with van der Waals surface area (Å²) >= 11 is 0. The lowest BCUT2D eigenvalue weighted by Crippen LogP contribution is -2.45. The van der Waals surface area contributed by atoms with Gasteiger partial charge in [0, 0.05) is 12.7 Å². The molecule has 0 spiro atoms. The molecule has 1 saturated carbocycles. The first kappa shape index (κ1) is 19.3. The Morgan fingerprint density at radius 1 is 1.17 bits per heavy atom. The smallest absolute Gasteiger partial charge is 0.364 e. The van der Waals surface area contributed by atoms with Crippen LogP contribution in [0.15, 0.2) is 42.7 Å². The zero-order valence-electron chi connectivity index (χ0n) is 16.1. The Hall–Kier alpha value is -2.68. The van der Waals surface area contributed by atoms with E-state index in [1.54, 1.807) is 34.9 Å². The normalized spacial score (nSPS) is 23.5. The van der Waals surface area contributed by atoms with Crippen LogP contribution < -0.4 is 10.6 Å². The van der Waals surface area contributed by atoms with Crippen molar-refractivity contribution in [3.63, 3.8) is 0 Å². The van der Waals surface area contributed by atoms with Crippen LogP contribution in [0.25, 0.3) is 17.0 Å². The van der Waals surface area contributed by atoms with E-state index in [1.807, 2.05) is 0 Å². The van der Waals surface area contributed by atoms with Gasteiger partial charge in [0.25, 0.3) is 0 Å². The lowest BCUT2D eigenvalue weighted by molar-refractivity contribution is -0.160. The van der Waals surface area contributed by atoms with Crippen LogP contribution in [-0.4, -0.2) is 45.8 Å². The minimum atomic E-state index is -4.28. The van der Waals surface area contributed by atoms with Crippen LogP contribution in [0.2, 0.25) is 0 Å². The quantitative estimate of drug-likeness (QED) is 0.626. The molecule has 1 aliphatic heterocycles. The fraction of sp³-hybridized carbons (Fsp3) is 0.429. The van der Waals surface area contributed by atoms with Crippen molar-refractivity contribution in [3.8, 4) is 11.4 Å². The van der Waals surface area contributed by atoms with Gasteiger partial charge in [0.1, 0.15) is 17.6 Å². The van der Waals surface area contributed by atoms with E-state index in [-0.39, 0.29) is 24.4 Å². The second kappa shape index (κ2) is 6.94. The van der Waals surface area contributed by atoms with E-state index < -0.39 is 17.8 Å². The number of nitrogens with one attached hydrogen (secondary N) is 2. The summed E-state index contributed by atoms with van der Waals surface area (Å²) in [5.41, 5.74) is 0.187. The number of pyridine rings is 2. The molecule has 2 aliphatic rings. The summed E-state index contributed by atoms with van der Waals surface area (Å²) in [5, 5.41) is 6.15. The first-order valence-electron chi connectivity index (χ1n) is 10.0. The Kier molecular flexibility index (Phi) is 4.46. The molecule has 0 bridgehead atoms. The number of aromatic nitrogens is 3. The molecule has 30 heavy (non-hydrogen) atoms. The van der Waals surface area contributed by atoms with Gasteiger partial charge in [-0.05, 0) is 49.6 Å². The highest BCUT2D eigenvalue weighted by atomic mass is 19.4. The van der Waals surface area contributed by atoms with Gasteiger partial charge in [-0.2, -0.15) is 13.2 Å². The van der Waals surface area contributed by atoms with Crippen LogP contribution in [0.3, 0.4) is 0 Å². The van der Waals surface area contributed by atoms with E-state index >= 15 is 0 Å². The van der Waals surface area contributed by atoms with Crippen LogP contribution in [-0.2, 0) is 5.41 Å². The Morgan fingerprint density at radius 2 is 2.00 bits per heavy atom. The monoisotopic (exact) mass is 419 g/mol. The number of alkyl halides is 4. The van der Waals surface area contributed by atoms with E-state index in [0.717, 1.165) is 6.54 Å². The third kappa shape index (κ3) is 3.21. The molecule has 1 saturated heterocycles. The topological polar surface area (TPSA) is 54.2 Å². The van der Waals surface area contributed by atoms with Gasteiger partial charge < -0.3 is 10.6 Å². The number of hydrogen-bond donors (Lipinski definition) is 2. The van der Waals surface area contributed by atoms with E-state index in [1.165, 1.54) is 12.3 Å². The number of imidazole rings is 1. The Bertz CT molecular complexity index is 1070. The number of nitrogens with zero attached hydrogens (tertiary/aromatic N) is 3. The molecule has 9 heteroatoms.